The number of nitrogens with one attached hydrogen (secondary N) is 1. The Morgan fingerprint density at radius 1 is 1.12 bits per heavy atom. The van der Waals surface area contributed by atoms with Crippen LogP contribution in [0.3, 0.4) is 0 Å². The van der Waals surface area contributed by atoms with Crippen LogP contribution >= 0.6 is 0 Å². The molecule has 2 heterocycles. The van der Waals surface area contributed by atoms with Gasteiger partial charge in [0.05, 0.1) is 12.2 Å². The first-order valence-corrected chi connectivity index (χ1v) is 9.13. The van der Waals surface area contributed by atoms with Crippen molar-refractivity contribution in [1.82, 2.24) is 25.2 Å². The molecular weight excluding hydrogens is 304 g/mol. The molecule has 24 heavy (non-hydrogen) atoms. The standard InChI is InChI=1S/C17H24N6O/c18-12-5-11(6-12)17-21-20-16(23(17)14-3-4-14)9-19-8-13-7-15(24-22-13)10-1-2-10/h7,10-12,14,19H,1-6,8-9,18H2. The third kappa shape index (κ3) is 2.75. The zero-order chi connectivity index (χ0) is 16.1. The van der Waals surface area contributed by atoms with Crippen molar-refractivity contribution in [2.45, 2.75) is 75.5 Å². The highest BCUT2D eigenvalue weighted by Gasteiger charge is 2.36. The van der Waals surface area contributed by atoms with Gasteiger partial charge in [-0.2, -0.15) is 0 Å². The van der Waals surface area contributed by atoms with Gasteiger partial charge in [0.2, 0.25) is 0 Å². The summed E-state index contributed by atoms with van der Waals surface area (Å²) in [6.07, 6.45) is 7.04. The van der Waals surface area contributed by atoms with Crippen LogP contribution in [0.25, 0.3) is 0 Å². The number of hydrogen-bond donors (Lipinski definition) is 2. The van der Waals surface area contributed by atoms with Gasteiger partial charge in [0.15, 0.2) is 0 Å². The van der Waals surface area contributed by atoms with E-state index in [4.69, 9.17) is 10.3 Å². The molecule has 3 N–H and O–H groups in total. The molecular formula is C17H24N6O. The monoisotopic (exact) mass is 328 g/mol. The maximum absolute atomic E-state index is 5.94. The number of rotatable bonds is 7. The molecule has 0 radical (unpaired) electrons. The van der Waals surface area contributed by atoms with Gasteiger partial charge in [-0.3, -0.25) is 0 Å². The van der Waals surface area contributed by atoms with E-state index in [0.29, 0.717) is 37.0 Å². The maximum atomic E-state index is 5.94. The van der Waals surface area contributed by atoms with E-state index in [-0.39, 0.29) is 0 Å². The summed E-state index contributed by atoms with van der Waals surface area (Å²) in [4.78, 5) is 0. The summed E-state index contributed by atoms with van der Waals surface area (Å²) >= 11 is 0. The second-order valence-corrected chi connectivity index (χ2v) is 7.60. The minimum atomic E-state index is 0.341. The Balaban J connectivity index is 1.23. The molecule has 0 unspecified atom stereocenters. The summed E-state index contributed by atoms with van der Waals surface area (Å²) in [5.41, 5.74) is 6.91. The lowest BCUT2D eigenvalue weighted by atomic mass is 9.80. The van der Waals surface area contributed by atoms with E-state index < -0.39 is 0 Å². The third-order valence-corrected chi connectivity index (χ3v) is 5.39. The lowest BCUT2D eigenvalue weighted by Gasteiger charge is -2.31. The minimum absolute atomic E-state index is 0.341. The molecule has 2 aromatic rings. The highest BCUT2D eigenvalue weighted by Crippen LogP contribution is 2.42. The summed E-state index contributed by atoms with van der Waals surface area (Å²) in [7, 11) is 0. The molecule has 0 aromatic carbocycles. The van der Waals surface area contributed by atoms with Crippen LogP contribution in [0.4, 0.5) is 0 Å². The zero-order valence-electron chi connectivity index (χ0n) is 13.8. The molecule has 128 valence electrons. The van der Waals surface area contributed by atoms with Crippen molar-refractivity contribution in [2.75, 3.05) is 0 Å². The van der Waals surface area contributed by atoms with E-state index in [1.807, 2.05) is 0 Å². The number of hydrogen-bond acceptors (Lipinski definition) is 6. The summed E-state index contributed by atoms with van der Waals surface area (Å²) in [5.74, 6) is 4.34. The fraction of sp³-hybridized carbons (Fsp3) is 0.706. The van der Waals surface area contributed by atoms with Gasteiger partial charge in [0, 0.05) is 36.5 Å². The first kappa shape index (κ1) is 14.6. The van der Waals surface area contributed by atoms with E-state index in [9.17, 15) is 0 Å². The molecule has 0 saturated heterocycles. The quantitative estimate of drug-likeness (QED) is 0.807. The molecule has 0 aliphatic heterocycles. The van der Waals surface area contributed by atoms with Gasteiger partial charge in [0.1, 0.15) is 17.4 Å². The summed E-state index contributed by atoms with van der Waals surface area (Å²) in [5, 5.41) is 16.5. The average Bonchev–Trinajstić information content (AvgIpc) is 3.48. The lowest BCUT2D eigenvalue weighted by molar-refractivity contribution is 0.327. The van der Waals surface area contributed by atoms with Gasteiger partial charge in [0.25, 0.3) is 0 Å². The Morgan fingerprint density at radius 3 is 2.67 bits per heavy atom. The van der Waals surface area contributed by atoms with Crippen molar-refractivity contribution in [1.29, 1.82) is 0 Å². The number of nitrogens with zero attached hydrogens (tertiary/aromatic N) is 4. The van der Waals surface area contributed by atoms with Crippen molar-refractivity contribution in [3.8, 4) is 0 Å². The van der Waals surface area contributed by atoms with Crippen LogP contribution < -0.4 is 11.1 Å². The minimum Gasteiger partial charge on any atom is -0.361 e. The van der Waals surface area contributed by atoms with Crippen molar-refractivity contribution in [3.63, 3.8) is 0 Å². The molecule has 3 aliphatic rings. The maximum Gasteiger partial charge on any atom is 0.147 e. The van der Waals surface area contributed by atoms with Crippen molar-refractivity contribution in [2.24, 2.45) is 5.73 Å². The Morgan fingerprint density at radius 2 is 1.96 bits per heavy atom. The fourth-order valence-electron chi connectivity index (χ4n) is 3.61. The van der Waals surface area contributed by atoms with Crippen LogP contribution in [0, 0.1) is 0 Å². The molecule has 3 aliphatic carbocycles. The fourth-order valence-corrected chi connectivity index (χ4v) is 3.61. The zero-order valence-corrected chi connectivity index (χ0v) is 13.8. The average molecular weight is 328 g/mol. The van der Waals surface area contributed by atoms with Crippen LogP contribution in [0.5, 0.6) is 0 Å². The van der Waals surface area contributed by atoms with Crippen LogP contribution in [0.2, 0.25) is 0 Å². The summed E-state index contributed by atoms with van der Waals surface area (Å²) < 4.78 is 7.76. The molecule has 0 amide bonds. The SMILES string of the molecule is NC1CC(c2nnc(CNCc3cc(C4CC4)on3)n2C2CC2)C1. The van der Waals surface area contributed by atoms with Gasteiger partial charge >= 0.3 is 0 Å². The molecule has 5 rings (SSSR count). The second-order valence-electron chi connectivity index (χ2n) is 7.60. The first-order valence-electron chi connectivity index (χ1n) is 9.13. The Hall–Kier alpha value is -1.73. The van der Waals surface area contributed by atoms with Gasteiger partial charge in [-0.25, -0.2) is 0 Å². The predicted molar refractivity (Wildman–Crippen MR) is 87.3 cm³/mol. The normalized spacial score (nSPS) is 26.5. The van der Waals surface area contributed by atoms with Crippen LogP contribution in [0.1, 0.15) is 79.5 Å². The molecule has 0 atom stereocenters. The topological polar surface area (TPSA) is 94.8 Å². The Kier molecular flexibility index (Phi) is 3.45. The van der Waals surface area contributed by atoms with Crippen LogP contribution in [-0.4, -0.2) is 26.0 Å². The Labute approximate surface area is 141 Å². The number of nitrogens with two attached hydrogens (primary N) is 1. The van der Waals surface area contributed by atoms with E-state index in [0.717, 1.165) is 35.9 Å². The molecule has 0 bridgehead atoms. The van der Waals surface area contributed by atoms with Crippen molar-refractivity contribution < 1.29 is 4.52 Å². The first-order chi connectivity index (χ1) is 11.8. The molecule has 0 spiro atoms. The second kappa shape index (κ2) is 5.67. The molecule has 2 aromatic heterocycles. The van der Waals surface area contributed by atoms with Gasteiger partial charge in [-0.1, -0.05) is 5.16 Å². The van der Waals surface area contributed by atoms with E-state index >= 15 is 0 Å². The largest absolute Gasteiger partial charge is 0.361 e. The van der Waals surface area contributed by atoms with Crippen LogP contribution in [-0.2, 0) is 13.1 Å². The third-order valence-electron chi connectivity index (χ3n) is 5.39. The lowest BCUT2D eigenvalue weighted by Crippen LogP contribution is -2.36. The van der Waals surface area contributed by atoms with Crippen molar-refractivity contribution >= 4 is 0 Å². The van der Waals surface area contributed by atoms with Crippen LogP contribution in [0.15, 0.2) is 10.6 Å². The summed E-state index contributed by atoms with van der Waals surface area (Å²) in [6.45, 7) is 1.42. The van der Waals surface area contributed by atoms with E-state index in [1.165, 1.54) is 25.7 Å². The summed E-state index contributed by atoms with van der Waals surface area (Å²) in [6, 6.07) is 3.02. The van der Waals surface area contributed by atoms with E-state index in [1.54, 1.807) is 0 Å². The smallest absolute Gasteiger partial charge is 0.147 e. The molecule has 3 fully saturated rings. The van der Waals surface area contributed by atoms with Crippen molar-refractivity contribution in [3.05, 3.63) is 29.2 Å². The highest BCUT2D eigenvalue weighted by atomic mass is 16.5. The van der Waals surface area contributed by atoms with Gasteiger partial charge in [-0.15, -0.1) is 10.2 Å². The number of aromatic nitrogens is 4. The Bertz CT molecular complexity index is 723. The van der Waals surface area contributed by atoms with E-state index in [2.05, 4.69) is 31.3 Å². The molecule has 7 heteroatoms. The van der Waals surface area contributed by atoms with Gasteiger partial charge < -0.3 is 20.1 Å². The predicted octanol–water partition coefficient (Wildman–Crippen LogP) is 1.97. The molecule has 3 saturated carbocycles. The van der Waals surface area contributed by atoms with Gasteiger partial charge in [-0.05, 0) is 38.5 Å². The highest BCUT2D eigenvalue weighted by molar-refractivity contribution is 5.15. The molecule has 7 nitrogen and oxygen atoms in total.